The number of aryl methyl sites for hydroxylation is 1. The van der Waals surface area contributed by atoms with E-state index >= 15 is 0 Å². The summed E-state index contributed by atoms with van der Waals surface area (Å²) in [6, 6.07) is 19.4. The molecule has 34 heavy (non-hydrogen) atoms. The zero-order valence-corrected chi connectivity index (χ0v) is 19.4. The van der Waals surface area contributed by atoms with Gasteiger partial charge in [0.1, 0.15) is 0 Å². The fraction of sp³-hybridized carbons (Fsp3) is 0.125. The zero-order valence-electron chi connectivity index (χ0n) is 17.8. The standard InChI is InChI=1S/C24H18ClF3N4OS/c1-15-5-7-16(8-6-15)22-30-31-23(32(22)20-11-9-18(25)10-12-20)34-14-21(33)29-19-4-2-3-17(13-19)24(26,27)28/h2-13H,14H2,1H3,(H,29,33). The van der Waals surface area contributed by atoms with Gasteiger partial charge in [-0.05, 0) is 49.4 Å². The van der Waals surface area contributed by atoms with E-state index in [0.29, 0.717) is 16.0 Å². The summed E-state index contributed by atoms with van der Waals surface area (Å²) < 4.78 is 40.6. The number of thioether (sulfide) groups is 1. The second-order valence-electron chi connectivity index (χ2n) is 7.40. The van der Waals surface area contributed by atoms with Crippen LogP contribution in [0.5, 0.6) is 0 Å². The average Bonchev–Trinajstić information content (AvgIpc) is 3.22. The van der Waals surface area contributed by atoms with Crippen LogP contribution in [0.1, 0.15) is 11.1 Å². The summed E-state index contributed by atoms with van der Waals surface area (Å²) in [5, 5.41) is 12.1. The summed E-state index contributed by atoms with van der Waals surface area (Å²) >= 11 is 7.16. The molecule has 0 aliphatic rings. The van der Waals surface area contributed by atoms with E-state index < -0.39 is 17.6 Å². The van der Waals surface area contributed by atoms with Gasteiger partial charge in [0.25, 0.3) is 0 Å². The van der Waals surface area contributed by atoms with Crippen molar-refractivity contribution >= 4 is 35.0 Å². The van der Waals surface area contributed by atoms with Crippen LogP contribution < -0.4 is 5.32 Å². The zero-order chi connectivity index (χ0) is 24.3. The Morgan fingerprint density at radius 1 is 1.03 bits per heavy atom. The Morgan fingerprint density at radius 3 is 2.41 bits per heavy atom. The molecule has 10 heteroatoms. The van der Waals surface area contributed by atoms with Gasteiger partial charge in [0.05, 0.1) is 11.3 Å². The van der Waals surface area contributed by atoms with E-state index in [0.717, 1.165) is 40.7 Å². The highest BCUT2D eigenvalue weighted by atomic mass is 35.5. The van der Waals surface area contributed by atoms with Crippen LogP contribution in [-0.2, 0) is 11.0 Å². The summed E-state index contributed by atoms with van der Waals surface area (Å²) in [5.41, 5.74) is 1.93. The number of nitrogens with one attached hydrogen (secondary N) is 1. The minimum atomic E-state index is -4.49. The van der Waals surface area contributed by atoms with Crippen molar-refractivity contribution in [3.05, 3.63) is 88.9 Å². The van der Waals surface area contributed by atoms with Crippen molar-refractivity contribution in [1.82, 2.24) is 14.8 Å². The number of nitrogens with zero attached hydrogens (tertiary/aromatic N) is 3. The van der Waals surface area contributed by atoms with E-state index in [4.69, 9.17) is 11.6 Å². The van der Waals surface area contributed by atoms with E-state index in [1.165, 1.54) is 12.1 Å². The Bertz CT molecular complexity index is 1310. The molecule has 0 unspecified atom stereocenters. The lowest BCUT2D eigenvalue weighted by atomic mass is 10.1. The predicted octanol–water partition coefficient (Wildman–Crippen LogP) is 6.65. The van der Waals surface area contributed by atoms with Crippen molar-refractivity contribution in [2.75, 3.05) is 11.1 Å². The van der Waals surface area contributed by atoms with E-state index in [1.54, 1.807) is 12.1 Å². The number of anilines is 1. The molecule has 0 bridgehead atoms. The van der Waals surface area contributed by atoms with Gasteiger partial charge >= 0.3 is 6.18 Å². The van der Waals surface area contributed by atoms with Crippen molar-refractivity contribution in [1.29, 1.82) is 0 Å². The van der Waals surface area contributed by atoms with Crippen LogP contribution in [-0.4, -0.2) is 26.4 Å². The molecule has 0 aliphatic heterocycles. The molecule has 1 aromatic heterocycles. The Balaban J connectivity index is 1.57. The lowest BCUT2D eigenvalue weighted by molar-refractivity contribution is -0.137. The summed E-state index contributed by atoms with van der Waals surface area (Å²) in [6.07, 6.45) is -4.49. The lowest BCUT2D eigenvalue weighted by Crippen LogP contribution is -2.15. The van der Waals surface area contributed by atoms with Gasteiger partial charge in [-0.25, -0.2) is 0 Å². The Hall–Kier alpha value is -3.30. The first-order valence-corrected chi connectivity index (χ1v) is 11.5. The summed E-state index contributed by atoms with van der Waals surface area (Å²) in [4.78, 5) is 12.5. The second kappa shape index (κ2) is 9.90. The fourth-order valence-electron chi connectivity index (χ4n) is 3.18. The molecule has 4 aromatic rings. The third kappa shape index (κ3) is 5.60. The second-order valence-corrected chi connectivity index (χ2v) is 8.78. The molecule has 0 radical (unpaired) electrons. The number of carbonyl (C=O) groups is 1. The normalized spacial score (nSPS) is 11.4. The minimum Gasteiger partial charge on any atom is -0.325 e. The number of aromatic nitrogens is 3. The summed E-state index contributed by atoms with van der Waals surface area (Å²) in [5.74, 6) is 0.0468. The summed E-state index contributed by atoms with van der Waals surface area (Å²) in [6.45, 7) is 1.98. The molecular weight excluding hydrogens is 485 g/mol. The maximum atomic E-state index is 12.9. The van der Waals surface area contributed by atoms with E-state index in [-0.39, 0.29) is 11.4 Å². The molecule has 0 saturated heterocycles. The summed E-state index contributed by atoms with van der Waals surface area (Å²) in [7, 11) is 0. The smallest absolute Gasteiger partial charge is 0.325 e. The topological polar surface area (TPSA) is 59.8 Å². The van der Waals surface area contributed by atoms with E-state index in [1.807, 2.05) is 47.9 Å². The molecule has 0 fully saturated rings. The van der Waals surface area contributed by atoms with Crippen molar-refractivity contribution in [2.45, 2.75) is 18.3 Å². The lowest BCUT2D eigenvalue weighted by Gasteiger charge is -2.11. The van der Waals surface area contributed by atoms with Gasteiger partial charge in [-0.2, -0.15) is 13.2 Å². The van der Waals surface area contributed by atoms with Gasteiger partial charge in [-0.3, -0.25) is 9.36 Å². The number of benzene rings is 3. The van der Waals surface area contributed by atoms with Crippen molar-refractivity contribution in [3.63, 3.8) is 0 Å². The highest BCUT2D eigenvalue weighted by Crippen LogP contribution is 2.31. The number of rotatable bonds is 6. The number of halogens is 4. The molecule has 0 aliphatic carbocycles. The number of alkyl halides is 3. The minimum absolute atomic E-state index is 0.0694. The highest BCUT2D eigenvalue weighted by Gasteiger charge is 2.30. The van der Waals surface area contributed by atoms with Gasteiger partial charge in [0.2, 0.25) is 5.91 Å². The van der Waals surface area contributed by atoms with Gasteiger partial charge in [0.15, 0.2) is 11.0 Å². The third-order valence-electron chi connectivity index (χ3n) is 4.83. The molecule has 1 amide bonds. The molecule has 0 atom stereocenters. The van der Waals surface area contributed by atoms with Crippen LogP contribution in [0.4, 0.5) is 18.9 Å². The first-order chi connectivity index (χ1) is 16.2. The van der Waals surface area contributed by atoms with Crippen LogP contribution in [0.2, 0.25) is 5.02 Å². The van der Waals surface area contributed by atoms with Crippen molar-refractivity contribution < 1.29 is 18.0 Å². The van der Waals surface area contributed by atoms with E-state index in [9.17, 15) is 18.0 Å². The van der Waals surface area contributed by atoms with Gasteiger partial charge in [-0.1, -0.05) is 59.3 Å². The molecule has 1 N–H and O–H groups in total. The number of carbonyl (C=O) groups excluding carboxylic acids is 1. The molecule has 0 saturated carbocycles. The molecule has 5 nitrogen and oxygen atoms in total. The Kier molecular flexibility index (Phi) is 6.95. The first-order valence-electron chi connectivity index (χ1n) is 10.1. The average molecular weight is 503 g/mol. The van der Waals surface area contributed by atoms with Crippen LogP contribution in [0, 0.1) is 6.92 Å². The number of amides is 1. The van der Waals surface area contributed by atoms with Crippen LogP contribution in [0.25, 0.3) is 17.1 Å². The fourth-order valence-corrected chi connectivity index (χ4v) is 4.05. The van der Waals surface area contributed by atoms with Crippen LogP contribution in [0.3, 0.4) is 0 Å². The molecular formula is C24H18ClF3N4OS. The molecule has 3 aromatic carbocycles. The maximum absolute atomic E-state index is 12.9. The van der Waals surface area contributed by atoms with Gasteiger partial charge < -0.3 is 5.32 Å². The van der Waals surface area contributed by atoms with Crippen molar-refractivity contribution in [3.8, 4) is 17.1 Å². The Labute approximate surface area is 203 Å². The Morgan fingerprint density at radius 2 is 1.74 bits per heavy atom. The van der Waals surface area contributed by atoms with Gasteiger partial charge in [-0.15, -0.1) is 10.2 Å². The molecule has 1 heterocycles. The highest BCUT2D eigenvalue weighted by molar-refractivity contribution is 7.99. The monoisotopic (exact) mass is 502 g/mol. The quantitative estimate of drug-likeness (QED) is 0.300. The van der Waals surface area contributed by atoms with Crippen LogP contribution >= 0.6 is 23.4 Å². The predicted molar refractivity (Wildman–Crippen MR) is 127 cm³/mol. The number of hydrogen-bond acceptors (Lipinski definition) is 4. The van der Waals surface area contributed by atoms with Crippen molar-refractivity contribution in [2.24, 2.45) is 0 Å². The molecule has 0 spiro atoms. The first kappa shape index (κ1) is 23.8. The molecule has 174 valence electrons. The largest absolute Gasteiger partial charge is 0.416 e. The van der Waals surface area contributed by atoms with Gasteiger partial charge in [0, 0.05) is 22.0 Å². The maximum Gasteiger partial charge on any atom is 0.416 e. The SMILES string of the molecule is Cc1ccc(-c2nnc(SCC(=O)Nc3cccc(C(F)(F)F)c3)n2-c2ccc(Cl)cc2)cc1. The number of hydrogen-bond donors (Lipinski definition) is 1. The third-order valence-corrected chi connectivity index (χ3v) is 6.01. The van der Waals surface area contributed by atoms with E-state index in [2.05, 4.69) is 15.5 Å². The molecule has 4 rings (SSSR count). The van der Waals surface area contributed by atoms with Crippen LogP contribution in [0.15, 0.2) is 78.0 Å².